The predicted octanol–water partition coefficient (Wildman–Crippen LogP) is 4.51. The van der Waals surface area contributed by atoms with Gasteiger partial charge in [0.25, 0.3) is 0 Å². The molecule has 0 aliphatic carbocycles. The molecule has 0 aliphatic heterocycles. The number of carbonyl (C=O) groups is 1. The van der Waals surface area contributed by atoms with Crippen molar-refractivity contribution in [2.45, 2.75) is 43.2 Å². The molecule has 13 heteroatoms. The fourth-order valence-electron chi connectivity index (χ4n) is 1.30. The summed E-state index contributed by atoms with van der Waals surface area (Å²) in [6.45, 7) is 0.902. The van der Waals surface area contributed by atoms with Crippen molar-refractivity contribution in [2.75, 3.05) is 0 Å². The molecular formula is C10H7F11O2. The number of alkyl halides is 11. The lowest BCUT2D eigenvalue weighted by atomic mass is 9.92. The maximum absolute atomic E-state index is 13.3. The van der Waals surface area contributed by atoms with Gasteiger partial charge >= 0.3 is 35.8 Å². The standard InChI is InChI=1S/C10H7F11O2/c1-2-3-4(5(22)23)6(11,12)7(13,14)8(15,16)9(17,18)10(19,20)21/h3H,2H2,1H3,(H,22,23). The highest BCUT2D eigenvalue weighted by Crippen LogP contribution is 2.58. The van der Waals surface area contributed by atoms with Gasteiger partial charge in [-0.15, -0.1) is 0 Å². The average molecular weight is 368 g/mol. The molecule has 0 bridgehead atoms. The van der Waals surface area contributed by atoms with E-state index in [2.05, 4.69) is 0 Å². The zero-order valence-corrected chi connectivity index (χ0v) is 10.8. The molecule has 0 aromatic rings. The normalized spacial score (nSPS) is 15.7. The number of rotatable bonds is 6. The van der Waals surface area contributed by atoms with E-state index < -0.39 is 47.8 Å². The minimum atomic E-state index is -7.62. The van der Waals surface area contributed by atoms with Crippen molar-refractivity contribution >= 4 is 5.97 Å². The summed E-state index contributed by atoms with van der Waals surface area (Å²) in [7, 11) is 0. The van der Waals surface area contributed by atoms with Crippen molar-refractivity contribution in [3.63, 3.8) is 0 Å². The average Bonchev–Trinajstić information content (AvgIpc) is 2.32. The van der Waals surface area contributed by atoms with Crippen molar-refractivity contribution in [3.8, 4) is 0 Å². The molecule has 0 saturated heterocycles. The lowest BCUT2D eigenvalue weighted by Crippen LogP contribution is -2.67. The number of carboxylic acid groups (broad SMARTS) is 1. The second-order valence-electron chi connectivity index (χ2n) is 4.13. The molecule has 136 valence electrons. The molecule has 0 rings (SSSR count). The van der Waals surface area contributed by atoms with E-state index in [-0.39, 0.29) is 6.08 Å². The van der Waals surface area contributed by atoms with Crippen molar-refractivity contribution in [1.29, 1.82) is 0 Å². The minimum absolute atomic E-state index is 0.210. The van der Waals surface area contributed by atoms with Crippen molar-refractivity contribution in [2.24, 2.45) is 0 Å². The van der Waals surface area contributed by atoms with E-state index in [9.17, 15) is 53.1 Å². The second-order valence-corrected chi connectivity index (χ2v) is 4.13. The molecule has 0 spiro atoms. The first-order valence-corrected chi connectivity index (χ1v) is 5.41. The van der Waals surface area contributed by atoms with E-state index in [1.165, 1.54) is 0 Å². The highest BCUT2D eigenvalue weighted by Gasteiger charge is 2.87. The molecule has 0 aliphatic rings. The van der Waals surface area contributed by atoms with Crippen LogP contribution >= 0.6 is 0 Å². The highest BCUT2D eigenvalue weighted by molar-refractivity contribution is 5.88. The monoisotopic (exact) mass is 368 g/mol. The predicted molar refractivity (Wildman–Crippen MR) is 51.9 cm³/mol. The van der Waals surface area contributed by atoms with E-state index in [4.69, 9.17) is 5.11 Å². The maximum atomic E-state index is 13.3. The summed E-state index contributed by atoms with van der Waals surface area (Å²) in [5.41, 5.74) is -2.73. The van der Waals surface area contributed by atoms with Gasteiger partial charge < -0.3 is 5.11 Å². The molecule has 23 heavy (non-hydrogen) atoms. The van der Waals surface area contributed by atoms with Gasteiger partial charge in [0.05, 0.1) is 0 Å². The zero-order valence-electron chi connectivity index (χ0n) is 10.8. The number of halogens is 11. The Morgan fingerprint density at radius 2 is 1.22 bits per heavy atom. The third-order valence-electron chi connectivity index (χ3n) is 2.52. The summed E-state index contributed by atoms with van der Waals surface area (Å²) >= 11 is 0. The first-order valence-electron chi connectivity index (χ1n) is 5.41. The van der Waals surface area contributed by atoms with Gasteiger partial charge in [0.2, 0.25) is 0 Å². The third-order valence-corrected chi connectivity index (χ3v) is 2.52. The molecule has 2 nitrogen and oxygen atoms in total. The summed E-state index contributed by atoms with van der Waals surface area (Å²) in [6, 6.07) is 0. The molecule has 0 radical (unpaired) electrons. The molecule has 0 aromatic carbocycles. The van der Waals surface area contributed by atoms with Gasteiger partial charge in [-0.1, -0.05) is 13.0 Å². The van der Waals surface area contributed by atoms with Gasteiger partial charge in [-0.2, -0.15) is 48.3 Å². The highest BCUT2D eigenvalue weighted by atomic mass is 19.4. The molecule has 0 saturated carbocycles. The summed E-state index contributed by atoms with van der Waals surface area (Å²) in [5.74, 6) is -31.9. The Bertz CT molecular complexity index is 490. The van der Waals surface area contributed by atoms with E-state index in [0.717, 1.165) is 6.92 Å². The lowest BCUT2D eigenvalue weighted by molar-refractivity contribution is -0.417. The van der Waals surface area contributed by atoms with Crippen LogP contribution in [0.5, 0.6) is 0 Å². The molecule has 0 atom stereocenters. The maximum Gasteiger partial charge on any atom is 0.460 e. The third kappa shape index (κ3) is 3.09. The van der Waals surface area contributed by atoms with Crippen LogP contribution in [0, 0.1) is 0 Å². The summed E-state index contributed by atoms with van der Waals surface area (Å²) in [5, 5.41) is 8.30. The van der Waals surface area contributed by atoms with Crippen LogP contribution in [-0.2, 0) is 4.79 Å². The van der Waals surface area contributed by atoms with Crippen molar-refractivity contribution in [3.05, 3.63) is 11.6 Å². The minimum Gasteiger partial charge on any atom is -0.478 e. The molecule has 0 aromatic heterocycles. The topological polar surface area (TPSA) is 37.3 Å². The molecule has 0 fully saturated rings. The molecule has 1 N–H and O–H groups in total. The van der Waals surface area contributed by atoms with Crippen LogP contribution in [-0.4, -0.2) is 40.9 Å². The zero-order chi connectivity index (χ0) is 19.1. The SMILES string of the molecule is CCC=C(C(=O)O)C(F)(F)C(F)(F)C(F)(F)C(F)(F)C(F)(F)F. The molecule has 0 heterocycles. The fourth-order valence-corrected chi connectivity index (χ4v) is 1.30. The van der Waals surface area contributed by atoms with E-state index in [1.54, 1.807) is 0 Å². The Morgan fingerprint density at radius 1 is 0.826 bits per heavy atom. The van der Waals surface area contributed by atoms with Crippen LogP contribution in [0.25, 0.3) is 0 Å². The van der Waals surface area contributed by atoms with Crippen LogP contribution in [0.1, 0.15) is 13.3 Å². The Kier molecular flexibility index (Phi) is 5.42. The Balaban J connectivity index is 6.34. The summed E-state index contributed by atoms with van der Waals surface area (Å²) < 4.78 is 139. The fraction of sp³-hybridized carbons (Fsp3) is 0.700. The Hall–Kier alpha value is -1.56. The Morgan fingerprint density at radius 3 is 1.48 bits per heavy atom. The van der Waals surface area contributed by atoms with Gasteiger partial charge in [-0.3, -0.25) is 0 Å². The van der Waals surface area contributed by atoms with Crippen LogP contribution in [0.15, 0.2) is 11.6 Å². The van der Waals surface area contributed by atoms with Crippen molar-refractivity contribution in [1.82, 2.24) is 0 Å². The van der Waals surface area contributed by atoms with Crippen LogP contribution in [0.3, 0.4) is 0 Å². The number of hydrogen-bond donors (Lipinski definition) is 1. The van der Waals surface area contributed by atoms with Gasteiger partial charge in [0.15, 0.2) is 0 Å². The number of aliphatic carboxylic acids is 1. The van der Waals surface area contributed by atoms with E-state index >= 15 is 0 Å². The summed E-state index contributed by atoms with van der Waals surface area (Å²) in [4.78, 5) is 10.4. The number of carboxylic acids is 1. The number of hydrogen-bond acceptors (Lipinski definition) is 1. The van der Waals surface area contributed by atoms with E-state index in [1.807, 2.05) is 0 Å². The molecule has 0 amide bonds. The molecular weight excluding hydrogens is 361 g/mol. The molecule has 0 unspecified atom stereocenters. The summed E-state index contributed by atoms with van der Waals surface area (Å²) in [6.07, 6.45) is -8.22. The first-order chi connectivity index (χ1) is 9.89. The van der Waals surface area contributed by atoms with Gasteiger partial charge in [-0.25, -0.2) is 4.79 Å². The van der Waals surface area contributed by atoms with E-state index in [0.29, 0.717) is 0 Å². The quantitative estimate of drug-likeness (QED) is 0.553. The van der Waals surface area contributed by atoms with Crippen molar-refractivity contribution < 1.29 is 58.2 Å². The largest absolute Gasteiger partial charge is 0.478 e. The first kappa shape index (κ1) is 21.4. The van der Waals surface area contributed by atoms with Gasteiger partial charge in [-0.05, 0) is 6.42 Å². The second kappa shape index (κ2) is 5.82. The van der Waals surface area contributed by atoms with Gasteiger partial charge in [0, 0.05) is 0 Å². The van der Waals surface area contributed by atoms with Gasteiger partial charge in [0.1, 0.15) is 5.57 Å². The Labute approximate surface area is 120 Å². The van der Waals surface area contributed by atoms with Crippen LogP contribution in [0.2, 0.25) is 0 Å². The van der Waals surface area contributed by atoms with Crippen LogP contribution in [0.4, 0.5) is 48.3 Å². The smallest absolute Gasteiger partial charge is 0.460 e. The lowest BCUT2D eigenvalue weighted by Gasteiger charge is -2.37. The van der Waals surface area contributed by atoms with Crippen LogP contribution < -0.4 is 0 Å². The number of allylic oxidation sites excluding steroid dienone is 1.